The maximum atomic E-state index is 13.7. The molecule has 5 heteroatoms. The lowest BCUT2D eigenvalue weighted by Crippen LogP contribution is -2.39. The number of rotatable bonds is 3. The van der Waals surface area contributed by atoms with Crippen molar-refractivity contribution < 1.29 is 9.59 Å². The molecule has 4 nitrogen and oxygen atoms in total. The fourth-order valence-corrected chi connectivity index (χ4v) is 5.18. The first-order valence-corrected chi connectivity index (χ1v) is 11.2. The second-order valence-electron chi connectivity index (χ2n) is 7.89. The van der Waals surface area contributed by atoms with Gasteiger partial charge in [0.1, 0.15) is 6.54 Å². The van der Waals surface area contributed by atoms with Gasteiger partial charge in [-0.25, -0.2) is 0 Å². The molecule has 1 aliphatic heterocycles. The molecule has 31 heavy (non-hydrogen) atoms. The molecule has 0 bridgehead atoms. The molecule has 0 radical (unpaired) electrons. The summed E-state index contributed by atoms with van der Waals surface area (Å²) in [4.78, 5) is 29.2. The highest BCUT2D eigenvalue weighted by molar-refractivity contribution is 7.10. The van der Waals surface area contributed by atoms with E-state index in [2.05, 4.69) is 23.5 Å². The van der Waals surface area contributed by atoms with E-state index in [0.29, 0.717) is 0 Å². The lowest BCUT2D eigenvalue weighted by Gasteiger charge is -2.30. The Kier molecular flexibility index (Phi) is 5.04. The molecular weight excluding hydrogens is 404 g/mol. The number of carbonyl (C=O) groups is 2. The maximum absolute atomic E-state index is 13.7. The first-order valence-electron chi connectivity index (χ1n) is 10.3. The summed E-state index contributed by atoms with van der Waals surface area (Å²) in [7, 11) is 0. The van der Waals surface area contributed by atoms with Crippen molar-refractivity contribution in [1.29, 1.82) is 0 Å². The molecule has 1 unspecified atom stereocenters. The maximum Gasteiger partial charge on any atom is 0.244 e. The van der Waals surface area contributed by atoms with E-state index >= 15 is 0 Å². The van der Waals surface area contributed by atoms with Gasteiger partial charge in [-0.1, -0.05) is 66.2 Å². The number of thiophene rings is 1. The van der Waals surface area contributed by atoms with Crippen LogP contribution in [-0.4, -0.2) is 23.3 Å². The predicted octanol–water partition coefficient (Wildman–Crippen LogP) is 5.32. The van der Waals surface area contributed by atoms with Crippen LogP contribution >= 0.6 is 11.3 Å². The van der Waals surface area contributed by atoms with Crippen LogP contribution < -0.4 is 5.32 Å². The van der Waals surface area contributed by atoms with Crippen LogP contribution in [0, 0.1) is 6.92 Å². The van der Waals surface area contributed by atoms with Gasteiger partial charge < -0.3 is 10.2 Å². The minimum Gasteiger partial charge on any atom is -0.324 e. The second kappa shape index (κ2) is 8.00. The average molecular weight is 427 g/mol. The van der Waals surface area contributed by atoms with Crippen LogP contribution in [0.15, 0.2) is 78.2 Å². The lowest BCUT2D eigenvalue weighted by molar-refractivity contribution is -0.135. The molecule has 2 amide bonds. The van der Waals surface area contributed by atoms with E-state index in [0.717, 1.165) is 38.0 Å². The van der Waals surface area contributed by atoms with Crippen molar-refractivity contribution in [3.05, 3.63) is 99.7 Å². The monoisotopic (exact) mass is 426 g/mol. The summed E-state index contributed by atoms with van der Waals surface area (Å²) in [5.41, 5.74) is 3.80. The number of fused-ring (bicyclic) bond motifs is 2. The van der Waals surface area contributed by atoms with Gasteiger partial charge in [0.2, 0.25) is 11.8 Å². The second-order valence-corrected chi connectivity index (χ2v) is 8.87. The molecule has 5 rings (SSSR count). The first kappa shape index (κ1) is 19.5. The van der Waals surface area contributed by atoms with Crippen molar-refractivity contribution in [2.45, 2.75) is 19.4 Å². The van der Waals surface area contributed by atoms with Gasteiger partial charge in [0.15, 0.2) is 0 Å². The average Bonchev–Trinajstić information content (AvgIpc) is 3.25. The Labute approximate surface area is 185 Å². The van der Waals surface area contributed by atoms with Gasteiger partial charge in [0.05, 0.1) is 12.5 Å². The smallest absolute Gasteiger partial charge is 0.244 e. The zero-order chi connectivity index (χ0) is 21.4. The third-order valence-corrected chi connectivity index (χ3v) is 6.68. The molecular formula is C26H22N2O2S. The van der Waals surface area contributed by atoms with Gasteiger partial charge in [0, 0.05) is 16.1 Å². The fraction of sp³-hybridized carbons (Fsp3) is 0.154. The highest BCUT2D eigenvalue weighted by Crippen LogP contribution is 2.38. The van der Waals surface area contributed by atoms with Crippen molar-refractivity contribution >= 4 is 39.6 Å². The Hall–Kier alpha value is -3.44. The molecule has 0 fully saturated rings. The summed E-state index contributed by atoms with van der Waals surface area (Å²) < 4.78 is 0. The molecule has 0 saturated carbocycles. The molecule has 3 aromatic carbocycles. The van der Waals surface area contributed by atoms with Crippen molar-refractivity contribution in [3.8, 4) is 0 Å². The number of hydrogen-bond donors (Lipinski definition) is 1. The standard InChI is InChI=1S/C26H22N2O2S/c1-17-11-12-22-21(14-17)26(23-10-5-13-31-23)28(16-24(29)27-22)25(30)15-19-8-4-7-18-6-2-3-9-20(18)19/h2-14,26H,15-16H2,1H3,(H,27,29). The van der Waals surface area contributed by atoms with E-state index in [-0.39, 0.29) is 30.8 Å². The summed E-state index contributed by atoms with van der Waals surface area (Å²) >= 11 is 1.61. The Morgan fingerprint density at radius 2 is 1.90 bits per heavy atom. The number of nitrogens with zero attached hydrogens (tertiary/aromatic N) is 1. The number of anilines is 1. The Morgan fingerprint density at radius 3 is 2.74 bits per heavy atom. The predicted molar refractivity (Wildman–Crippen MR) is 125 cm³/mol. The van der Waals surface area contributed by atoms with Crippen LogP contribution in [0.25, 0.3) is 10.8 Å². The third kappa shape index (κ3) is 3.73. The first-order chi connectivity index (χ1) is 15.1. The van der Waals surface area contributed by atoms with Crippen molar-refractivity contribution in [1.82, 2.24) is 4.90 Å². The Balaban J connectivity index is 1.58. The van der Waals surface area contributed by atoms with E-state index in [1.165, 1.54) is 0 Å². The summed E-state index contributed by atoms with van der Waals surface area (Å²) in [6.07, 6.45) is 0.248. The van der Waals surface area contributed by atoms with Crippen LogP contribution in [-0.2, 0) is 16.0 Å². The fourth-order valence-electron chi connectivity index (χ4n) is 4.32. The topological polar surface area (TPSA) is 49.4 Å². The molecule has 0 saturated heterocycles. The van der Waals surface area contributed by atoms with Crippen LogP contribution in [0.5, 0.6) is 0 Å². The molecule has 4 aromatic rings. The molecule has 1 N–H and O–H groups in total. The van der Waals surface area contributed by atoms with E-state index in [1.807, 2.05) is 66.9 Å². The zero-order valence-corrected chi connectivity index (χ0v) is 18.0. The van der Waals surface area contributed by atoms with Crippen LogP contribution in [0.4, 0.5) is 5.69 Å². The molecule has 2 heterocycles. The summed E-state index contributed by atoms with van der Waals surface area (Å²) in [5.74, 6) is -0.227. The molecule has 0 spiro atoms. The number of benzene rings is 3. The number of carbonyl (C=O) groups excluding carboxylic acids is 2. The van der Waals surface area contributed by atoms with Crippen molar-refractivity contribution in [3.63, 3.8) is 0 Å². The van der Waals surface area contributed by atoms with Gasteiger partial charge in [-0.05, 0) is 40.8 Å². The summed E-state index contributed by atoms with van der Waals surface area (Å²) in [6.45, 7) is 2.06. The third-order valence-electron chi connectivity index (χ3n) is 5.76. The number of aryl methyl sites for hydroxylation is 1. The van der Waals surface area contributed by atoms with Crippen LogP contribution in [0.2, 0.25) is 0 Å². The van der Waals surface area contributed by atoms with E-state index in [4.69, 9.17) is 0 Å². The van der Waals surface area contributed by atoms with Crippen LogP contribution in [0.3, 0.4) is 0 Å². The molecule has 154 valence electrons. The van der Waals surface area contributed by atoms with Gasteiger partial charge in [-0.2, -0.15) is 0 Å². The Morgan fingerprint density at radius 1 is 1.06 bits per heavy atom. The quantitative estimate of drug-likeness (QED) is 0.482. The number of amides is 2. The highest BCUT2D eigenvalue weighted by atomic mass is 32.1. The molecule has 0 aliphatic carbocycles. The minimum atomic E-state index is -0.295. The zero-order valence-electron chi connectivity index (χ0n) is 17.2. The van der Waals surface area contributed by atoms with E-state index < -0.39 is 0 Å². The van der Waals surface area contributed by atoms with Crippen LogP contribution in [0.1, 0.15) is 27.6 Å². The van der Waals surface area contributed by atoms with E-state index in [9.17, 15) is 9.59 Å². The lowest BCUT2D eigenvalue weighted by atomic mass is 9.98. The van der Waals surface area contributed by atoms with Gasteiger partial charge in [-0.15, -0.1) is 11.3 Å². The van der Waals surface area contributed by atoms with Crippen molar-refractivity contribution in [2.24, 2.45) is 0 Å². The van der Waals surface area contributed by atoms with E-state index in [1.54, 1.807) is 16.2 Å². The number of nitrogens with one attached hydrogen (secondary N) is 1. The highest BCUT2D eigenvalue weighted by Gasteiger charge is 2.34. The molecule has 1 aliphatic rings. The van der Waals surface area contributed by atoms with Gasteiger partial charge in [0.25, 0.3) is 0 Å². The SMILES string of the molecule is Cc1ccc2c(c1)C(c1cccs1)N(C(=O)Cc1cccc3ccccc13)CC(=O)N2. The van der Waals surface area contributed by atoms with Gasteiger partial charge >= 0.3 is 0 Å². The summed E-state index contributed by atoms with van der Waals surface area (Å²) in [6, 6.07) is 23.8. The Bertz CT molecular complexity index is 1270. The van der Waals surface area contributed by atoms with Crippen molar-refractivity contribution in [2.75, 3.05) is 11.9 Å². The van der Waals surface area contributed by atoms with Gasteiger partial charge in [-0.3, -0.25) is 9.59 Å². The largest absolute Gasteiger partial charge is 0.324 e. The molecule has 1 aromatic heterocycles. The summed E-state index contributed by atoms with van der Waals surface area (Å²) in [5, 5.41) is 7.18. The molecule has 1 atom stereocenters. The number of hydrogen-bond acceptors (Lipinski definition) is 3. The minimum absolute atomic E-state index is 0.0277. The normalized spacial score (nSPS) is 16.0.